The first-order valence-electron chi connectivity index (χ1n) is 6.57. The third kappa shape index (κ3) is 4.88. The van der Waals surface area contributed by atoms with Crippen molar-refractivity contribution >= 4 is 16.1 Å². The summed E-state index contributed by atoms with van der Waals surface area (Å²) in [6.45, 7) is 0.980. The maximum Gasteiger partial charge on any atom is 0.694 e. The van der Waals surface area contributed by atoms with E-state index in [0.29, 0.717) is 0 Å². The minimum Gasteiger partial charge on any atom is -0.349 e. The zero-order chi connectivity index (χ0) is 18.1. The molecule has 134 valence electrons. The molecule has 12 nitrogen and oxygen atoms in total. The van der Waals surface area contributed by atoms with Gasteiger partial charge in [0, 0.05) is 22.7 Å². The predicted molar refractivity (Wildman–Crippen MR) is 77.3 cm³/mol. The molecule has 0 radical (unpaired) electrons. The van der Waals surface area contributed by atoms with Gasteiger partial charge in [-0.25, -0.2) is 9.36 Å². The summed E-state index contributed by atoms with van der Waals surface area (Å²) in [6, 6.07) is 0. The van der Waals surface area contributed by atoms with Crippen molar-refractivity contribution in [1.82, 2.24) is 9.55 Å². The maximum absolute atomic E-state index is 11.9. The third-order valence-electron chi connectivity index (χ3n) is 3.26. The smallest absolute Gasteiger partial charge is 0.349 e. The number of aromatic nitrogens is 2. The topological polar surface area (TPSA) is 177 Å². The number of rotatable bonds is 6. The second kappa shape index (κ2) is 7.34. The number of H-pyrrole nitrogens is 1. The Morgan fingerprint density at radius 1 is 1.50 bits per heavy atom. The van der Waals surface area contributed by atoms with Crippen molar-refractivity contribution in [3.8, 4) is 0 Å². The van der Waals surface area contributed by atoms with E-state index in [2.05, 4.69) is 14.0 Å². The molecule has 0 amide bonds. The highest BCUT2D eigenvalue weighted by atomic mass is 31.2. The number of phosphoric acid groups is 1. The SMILES string of the molecule is Cc1cn([C@H]2C[C@H](OP(=O)(O)O)[C@@H](CO[P+](=O)O)O2)c(=O)[nH]c1=O. The Hall–Kier alpha value is -1.23. The summed E-state index contributed by atoms with van der Waals surface area (Å²) in [7, 11) is -7.81. The summed E-state index contributed by atoms with van der Waals surface area (Å²) in [4.78, 5) is 51.9. The number of nitrogens with zero attached hydrogens (tertiary/aromatic N) is 1. The molecular weight excluding hydrogens is 370 g/mol. The minimum absolute atomic E-state index is 0.146. The van der Waals surface area contributed by atoms with Crippen LogP contribution in [0.25, 0.3) is 0 Å². The van der Waals surface area contributed by atoms with E-state index in [-0.39, 0.29) is 12.0 Å². The molecule has 2 heterocycles. The van der Waals surface area contributed by atoms with Gasteiger partial charge in [0.05, 0.1) is 0 Å². The molecule has 14 heteroatoms. The lowest BCUT2D eigenvalue weighted by Crippen LogP contribution is -2.33. The van der Waals surface area contributed by atoms with Gasteiger partial charge in [-0.2, -0.15) is 0 Å². The van der Waals surface area contributed by atoms with Crippen LogP contribution >= 0.6 is 16.1 Å². The summed E-state index contributed by atoms with van der Waals surface area (Å²) in [5.74, 6) is 0. The first-order valence-corrected chi connectivity index (χ1v) is 9.23. The van der Waals surface area contributed by atoms with Crippen molar-refractivity contribution in [2.24, 2.45) is 0 Å². The van der Waals surface area contributed by atoms with Crippen LogP contribution < -0.4 is 11.2 Å². The Kier molecular flexibility index (Phi) is 5.84. The van der Waals surface area contributed by atoms with E-state index >= 15 is 0 Å². The molecule has 1 fully saturated rings. The zero-order valence-corrected chi connectivity index (χ0v) is 14.1. The Morgan fingerprint density at radius 3 is 2.75 bits per heavy atom. The fourth-order valence-electron chi connectivity index (χ4n) is 2.25. The quantitative estimate of drug-likeness (QED) is 0.457. The van der Waals surface area contributed by atoms with Crippen LogP contribution in [-0.2, 0) is 22.9 Å². The Balaban J connectivity index is 2.26. The van der Waals surface area contributed by atoms with E-state index in [1.54, 1.807) is 0 Å². The number of nitrogens with one attached hydrogen (secondary N) is 1. The summed E-state index contributed by atoms with van der Waals surface area (Å²) in [5.41, 5.74) is -1.13. The van der Waals surface area contributed by atoms with E-state index in [1.807, 2.05) is 0 Å². The molecule has 0 aliphatic carbocycles. The van der Waals surface area contributed by atoms with Crippen LogP contribution in [0.3, 0.4) is 0 Å². The van der Waals surface area contributed by atoms with E-state index in [1.165, 1.54) is 13.1 Å². The minimum atomic E-state index is -4.86. The Bertz CT molecular complexity index is 783. The molecule has 1 aliphatic rings. The third-order valence-corrected chi connectivity index (χ3v) is 4.17. The van der Waals surface area contributed by atoms with Crippen LogP contribution in [0, 0.1) is 6.92 Å². The maximum atomic E-state index is 11.9. The number of phosphoric ester groups is 1. The molecule has 1 aromatic heterocycles. The first-order chi connectivity index (χ1) is 11.1. The fourth-order valence-corrected chi connectivity index (χ4v) is 3.09. The second-order valence-electron chi connectivity index (χ2n) is 5.01. The molecule has 1 unspecified atom stereocenters. The Labute approximate surface area is 135 Å². The molecule has 0 bridgehead atoms. The highest BCUT2D eigenvalue weighted by Gasteiger charge is 2.42. The highest BCUT2D eigenvalue weighted by molar-refractivity contribution is 7.46. The zero-order valence-electron chi connectivity index (χ0n) is 12.3. The molecule has 1 aliphatic heterocycles. The van der Waals surface area contributed by atoms with Gasteiger partial charge in [0.1, 0.15) is 25.0 Å². The highest BCUT2D eigenvalue weighted by Crippen LogP contribution is 2.43. The molecule has 1 aromatic rings. The first kappa shape index (κ1) is 19.1. The number of aromatic amines is 1. The van der Waals surface area contributed by atoms with E-state index in [9.17, 15) is 18.7 Å². The average molecular weight is 385 g/mol. The largest absolute Gasteiger partial charge is 0.694 e. The number of hydrogen-bond donors (Lipinski definition) is 4. The monoisotopic (exact) mass is 385 g/mol. The van der Waals surface area contributed by atoms with E-state index in [4.69, 9.17) is 19.4 Å². The average Bonchev–Trinajstić information content (AvgIpc) is 2.81. The molecule has 1 saturated heterocycles. The molecule has 0 spiro atoms. The van der Waals surface area contributed by atoms with Gasteiger partial charge >= 0.3 is 21.8 Å². The van der Waals surface area contributed by atoms with Gasteiger partial charge in [-0.05, 0) is 6.92 Å². The van der Waals surface area contributed by atoms with Gasteiger partial charge in [-0.15, -0.1) is 9.42 Å². The summed E-state index contributed by atoms with van der Waals surface area (Å²) < 4.78 is 37.2. The fraction of sp³-hybridized carbons (Fsp3) is 0.600. The van der Waals surface area contributed by atoms with Gasteiger partial charge in [0.2, 0.25) is 0 Å². The van der Waals surface area contributed by atoms with Gasteiger partial charge in [0.25, 0.3) is 5.56 Å². The summed E-state index contributed by atoms with van der Waals surface area (Å²) in [6.07, 6.45) is -2.21. The lowest BCUT2D eigenvalue weighted by molar-refractivity contribution is -0.0407. The molecule has 0 saturated carbocycles. The van der Waals surface area contributed by atoms with Gasteiger partial charge < -0.3 is 14.5 Å². The van der Waals surface area contributed by atoms with Gasteiger partial charge in [-0.3, -0.25) is 18.9 Å². The number of hydrogen-bond acceptors (Lipinski definition) is 7. The van der Waals surface area contributed by atoms with Crippen LogP contribution in [0.1, 0.15) is 18.2 Å². The lowest BCUT2D eigenvalue weighted by atomic mass is 10.2. The normalized spacial score (nSPS) is 25.0. The number of aryl methyl sites for hydroxylation is 1. The number of ether oxygens (including phenoxy) is 1. The molecule has 24 heavy (non-hydrogen) atoms. The molecule has 4 N–H and O–H groups in total. The van der Waals surface area contributed by atoms with Crippen LogP contribution in [-0.4, -0.2) is 43.0 Å². The van der Waals surface area contributed by atoms with Crippen molar-refractivity contribution in [3.63, 3.8) is 0 Å². The van der Waals surface area contributed by atoms with Crippen LogP contribution in [0.2, 0.25) is 0 Å². The van der Waals surface area contributed by atoms with E-state index in [0.717, 1.165) is 4.57 Å². The molecular formula is C10H15N2O10P2+. The van der Waals surface area contributed by atoms with Crippen molar-refractivity contribution in [1.29, 1.82) is 0 Å². The van der Waals surface area contributed by atoms with Crippen molar-refractivity contribution < 1.29 is 37.6 Å². The molecule has 2 rings (SSSR count). The molecule has 4 atom stereocenters. The van der Waals surface area contributed by atoms with Crippen molar-refractivity contribution in [2.45, 2.75) is 31.8 Å². The van der Waals surface area contributed by atoms with Gasteiger partial charge in [0.15, 0.2) is 0 Å². The van der Waals surface area contributed by atoms with Crippen LogP contribution in [0.5, 0.6) is 0 Å². The van der Waals surface area contributed by atoms with Crippen LogP contribution in [0.15, 0.2) is 15.8 Å². The standard InChI is InChI=1S/C10H14N2O10P2/c1-5-3-12(10(14)11-9(5)13)8-2-6(22-24(17,18)19)7(21-8)4-20-23(15)16/h3,6-8H,2,4H2,1H3,(H3-,11,13,14,15,16,17,18,19)/p+1/t6-,7+,8+/m0/s1. The molecule has 0 aromatic carbocycles. The van der Waals surface area contributed by atoms with Crippen molar-refractivity contribution in [3.05, 3.63) is 32.6 Å². The van der Waals surface area contributed by atoms with E-state index < -0.39 is 52.4 Å². The summed E-state index contributed by atoms with van der Waals surface area (Å²) >= 11 is 0. The predicted octanol–water partition coefficient (Wildman–Crippen LogP) is -0.723. The summed E-state index contributed by atoms with van der Waals surface area (Å²) in [5, 5.41) is 0. The Morgan fingerprint density at radius 2 is 2.17 bits per heavy atom. The van der Waals surface area contributed by atoms with Gasteiger partial charge in [-0.1, -0.05) is 0 Å². The lowest BCUT2D eigenvalue weighted by Gasteiger charge is -2.16. The second-order valence-corrected chi connectivity index (χ2v) is 6.94. The van der Waals surface area contributed by atoms with Crippen LogP contribution in [0.4, 0.5) is 0 Å². The van der Waals surface area contributed by atoms with Crippen molar-refractivity contribution in [2.75, 3.05) is 6.61 Å².